The Hall–Kier alpha value is -2.92. The molecular formula is C22H20F3N3OS. The van der Waals surface area contributed by atoms with Gasteiger partial charge in [0.25, 0.3) is 5.56 Å². The van der Waals surface area contributed by atoms with Gasteiger partial charge in [0, 0.05) is 4.88 Å². The molecule has 0 aliphatic rings. The Balaban J connectivity index is 2.32. The number of thiazole rings is 1. The molecule has 0 atom stereocenters. The van der Waals surface area contributed by atoms with E-state index in [1.807, 2.05) is 26.8 Å². The third-order valence-corrected chi connectivity index (χ3v) is 6.02. The van der Waals surface area contributed by atoms with Crippen LogP contribution in [0.2, 0.25) is 0 Å². The maximum atomic E-state index is 13.6. The van der Waals surface area contributed by atoms with Crippen LogP contribution in [0.1, 0.15) is 46.1 Å². The molecule has 0 N–H and O–H groups in total. The standard InChI is InChI=1S/C22H20F3N3OS/c1-4-17-19(30-20(5-2)27-17)12-28-18(14-8-6-7-13(3)9-14)10-16(22(23,24)25)15(11-26)21(28)29/h6-10H,4-5,12H2,1-3H3. The van der Waals surface area contributed by atoms with Crippen LogP contribution in [0, 0.1) is 18.3 Å². The molecule has 2 heterocycles. The van der Waals surface area contributed by atoms with Crippen LogP contribution in [0.3, 0.4) is 0 Å². The lowest BCUT2D eigenvalue weighted by Crippen LogP contribution is -2.28. The fraction of sp³-hybridized carbons (Fsp3) is 0.318. The van der Waals surface area contributed by atoms with Gasteiger partial charge in [-0.3, -0.25) is 4.79 Å². The van der Waals surface area contributed by atoms with Crippen molar-refractivity contribution in [2.75, 3.05) is 0 Å². The highest BCUT2D eigenvalue weighted by Gasteiger charge is 2.36. The van der Waals surface area contributed by atoms with Crippen molar-refractivity contribution in [3.8, 4) is 17.3 Å². The highest BCUT2D eigenvalue weighted by Crippen LogP contribution is 2.34. The van der Waals surface area contributed by atoms with Crippen molar-refractivity contribution < 1.29 is 13.2 Å². The van der Waals surface area contributed by atoms with E-state index in [1.54, 1.807) is 18.2 Å². The summed E-state index contributed by atoms with van der Waals surface area (Å²) in [5, 5.41) is 10.2. The van der Waals surface area contributed by atoms with E-state index in [0.717, 1.165) is 33.6 Å². The van der Waals surface area contributed by atoms with E-state index >= 15 is 0 Å². The zero-order valence-corrected chi connectivity index (χ0v) is 17.6. The number of benzene rings is 1. The van der Waals surface area contributed by atoms with E-state index in [0.29, 0.717) is 12.0 Å². The Labute approximate surface area is 176 Å². The van der Waals surface area contributed by atoms with Crippen molar-refractivity contribution in [2.45, 2.75) is 46.3 Å². The molecule has 0 radical (unpaired) electrons. The second-order valence-electron chi connectivity index (χ2n) is 6.87. The predicted octanol–water partition coefficient (Wildman–Crippen LogP) is 5.34. The lowest BCUT2D eigenvalue weighted by atomic mass is 10.0. The van der Waals surface area contributed by atoms with E-state index in [-0.39, 0.29) is 12.2 Å². The minimum Gasteiger partial charge on any atom is -0.302 e. The van der Waals surface area contributed by atoms with Crippen molar-refractivity contribution in [1.82, 2.24) is 9.55 Å². The average Bonchev–Trinajstić information content (AvgIpc) is 3.10. The summed E-state index contributed by atoms with van der Waals surface area (Å²) in [5.74, 6) is 0. The summed E-state index contributed by atoms with van der Waals surface area (Å²) in [6, 6.07) is 9.31. The van der Waals surface area contributed by atoms with E-state index in [1.165, 1.54) is 22.0 Å². The first-order valence-electron chi connectivity index (χ1n) is 9.49. The Morgan fingerprint density at radius 2 is 1.93 bits per heavy atom. The number of aromatic nitrogens is 2. The molecule has 0 aliphatic heterocycles. The smallest absolute Gasteiger partial charge is 0.302 e. The minimum atomic E-state index is -4.81. The van der Waals surface area contributed by atoms with Gasteiger partial charge in [-0.05, 0) is 37.5 Å². The van der Waals surface area contributed by atoms with E-state index in [4.69, 9.17) is 0 Å². The molecule has 0 spiro atoms. The fourth-order valence-corrected chi connectivity index (χ4v) is 4.40. The van der Waals surface area contributed by atoms with Crippen molar-refractivity contribution in [3.63, 3.8) is 0 Å². The van der Waals surface area contributed by atoms with Crippen LogP contribution in [-0.2, 0) is 25.6 Å². The molecule has 3 aromatic rings. The predicted molar refractivity (Wildman–Crippen MR) is 111 cm³/mol. The van der Waals surface area contributed by atoms with Crippen molar-refractivity contribution in [1.29, 1.82) is 5.26 Å². The molecule has 0 bridgehead atoms. The number of aryl methyl sites for hydroxylation is 3. The molecule has 1 aromatic carbocycles. The van der Waals surface area contributed by atoms with Crippen LogP contribution in [-0.4, -0.2) is 9.55 Å². The van der Waals surface area contributed by atoms with E-state index in [9.17, 15) is 23.2 Å². The molecule has 30 heavy (non-hydrogen) atoms. The lowest BCUT2D eigenvalue weighted by Gasteiger charge is -2.18. The second kappa shape index (κ2) is 8.44. The Morgan fingerprint density at radius 3 is 2.50 bits per heavy atom. The van der Waals surface area contributed by atoms with Gasteiger partial charge in [0.1, 0.15) is 11.6 Å². The van der Waals surface area contributed by atoms with Gasteiger partial charge in [-0.2, -0.15) is 18.4 Å². The topological polar surface area (TPSA) is 58.7 Å². The summed E-state index contributed by atoms with van der Waals surface area (Å²) in [4.78, 5) is 18.4. The zero-order chi connectivity index (χ0) is 22.1. The molecule has 3 rings (SSSR count). The number of halogens is 3. The van der Waals surface area contributed by atoms with Gasteiger partial charge in [0.15, 0.2) is 0 Å². The molecule has 156 valence electrons. The van der Waals surface area contributed by atoms with E-state index < -0.39 is 22.9 Å². The maximum Gasteiger partial charge on any atom is 0.417 e. The molecule has 8 heteroatoms. The maximum absolute atomic E-state index is 13.6. The van der Waals surface area contributed by atoms with Crippen molar-refractivity contribution in [3.05, 3.63) is 73.0 Å². The van der Waals surface area contributed by atoms with Crippen LogP contribution in [0.4, 0.5) is 13.2 Å². The van der Waals surface area contributed by atoms with Gasteiger partial charge in [-0.1, -0.05) is 37.6 Å². The highest BCUT2D eigenvalue weighted by atomic mass is 32.1. The first-order valence-corrected chi connectivity index (χ1v) is 10.3. The van der Waals surface area contributed by atoms with Gasteiger partial charge in [0.05, 0.1) is 28.5 Å². The monoisotopic (exact) mass is 431 g/mol. The second-order valence-corrected chi connectivity index (χ2v) is 8.04. The quantitative estimate of drug-likeness (QED) is 0.548. The molecule has 0 fully saturated rings. The van der Waals surface area contributed by atoms with Gasteiger partial charge in [-0.15, -0.1) is 11.3 Å². The first-order chi connectivity index (χ1) is 14.2. The lowest BCUT2D eigenvalue weighted by molar-refractivity contribution is -0.137. The molecule has 0 saturated heterocycles. The summed E-state index contributed by atoms with van der Waals surface area (Å²) in [5.41, 5.74) is -0.766. The van der Waals surface area contributed by atoms with Gasteiger partial charge in [0.2, 0.25) is 0 Å². The number of alkyl halides is 3. The van der Waals surface area contributed by atoms with Crippen molar-refractivity contribution in [2.24, 2.45) is 0 Å². The molecule has 0 amide bonds. The largest absolute Gasteiger partial charge is 0.417 e. The fourth-order valence-electron chi connectivity index (χ4n) is 3.31. The number of nitriles is 1. The van der Waals surface area contributed by atoms with Crippen LogP contribution in [0.25, 0.3) is 11.3 Å². The third-order valence-electron chi connectivity index (χ3n) is 4.79. The molecule has 0 aliphatic carbocycles. The van der Waals surface area contributed by atoms with Gasteiger partial charge in [-0.25, -0.2) is 4.98 Å². The van der Waals surface area contributed by atoms with Gasteiger partial charge < -0.3 is 4.57 Å². The summed E-state index contributed by atoms with van der Waals surface area (Å²) >= 11 is 1.44. The van der Waals surface area contributed by atoms with Crippen molar-refractivity contribution >= 4 is 11.3 Å². The third kappa shape index (κ3) is 4.17. The minimum absolute atomic E-state index is 0.0652. The normalized spacial score (nSPS) is 11.5. The van der Waals surface area contributed by atoms with Crippen LogP contribution in [0.15, 0.2) is 35.1 Å². The number of pyridine rings is 1. The van der Waals surface area contributed by atoms with Crippen LogP contribution < -0.4 is 5.56 Å². The first kappa shape index (κ1) is 21.8. The summed E-state index contributed by atoms with van der Waals surface area (Å²) in [7, 11) is 0. The molecule has 4 nitrogen and oxygen atoms in total. The summed E-state index contributed by atoms with van der Waals surface area (Å²) in [6.45, 7) is 5.80. The molecule has 2 aromatic heterocycles. The highest BCUT2D eigenvalue weighted by molar-refractivity contribution is 7.11. The van der Waals surface area contributed by atoms with Gasteiger partial charge >= 0.3 is 6.18 Å². The molecule has 0 saturated carbocycles. The Morgan fingerprint density at radius 1 is 1.20 bits per heavy atom. The van der Waals surface area contributed by atoms with Crippen LogP contribution in [0.5, 0.6) is 0 Å². The van der Waals surface area contributed by atoms with Crippen LogP contribution >= 0.6 is 11.3 Å². The number of nitrogens with zero attached hydrogens (tertiary/aromatic N) is 3. The Kier molecular flexibility index (Phi) is 6.13. The average molecular weight is 431 g/mol. The SMILES string of the molecule is CCc1nc(CC)c(Cn2c(-c3cccc(C)c3)cc(C(F)(F)F)c(C#N)c2=O)s1. The molecular weight excluding hydrogens is 411 g/mol. The number of hydrogen-bond acceptors (Lipinski definition) is 4. The number of rotatable bonds is 5. The summed E-state index contributed by atoms with van der Waals surface area (Å²) in [6.07, 6.45) is -3.43. The Bertz CT molecular complexity index is 1190. The zero-order valence-electron chi connectivity index (χ0n) is 16.8. The van der Waals surface area contributed by atoms with E-state index in [2.05, 4.69) is 4.98 Å². The number of hydrogen-bond donors (Lipinski definition) is 0. The molecule has 0 unspecified atom stereocenters. The summed E-state index contributed by atoms with van der Waals surface area (Å²) < 4.78 is 42.1.